The van der Waals surface area contributed by atoms with Gasteiger partial charge in [0, 0.05) is 30.6 Å². The van der Waals surface area contributed by atoms with Gasteiger partial charge in [0.1, 0.15) is 5.60 Å². The van der Waals surface area contributed by atoms with Gasteiger partial charge in [-0.05, 0) is 64.3 Å². The van der Waals surface area contributed by atoms with Crippen LogP contribution in [0, 0.1) is 0 Å². The van der Waals surface area contributed by atoms with E-state index in [0.717, 1.165) is 36.2 Å². The van der Waals surface area contributed by atoms with Crippen molar-refractivity contribution in [3.63, 3.8) is 0 Å². The number of carbonyl (C=O) groups is 2. The number of unbranched alkanes of at least 4 members (excludes halogenated alkanes) is 2. The monoisotopic (exact) mass is 511 g/mol. The summed E-state index contributed by atoms with van der Waals surface area (Å²) in [6.07, 6.45) is 4.03. The fraction of sp³-hybridized carbons (Fsp3) is 0.640. The number of nitrogens with zero attached hydrogens (tertiary/aromatic N) is 1. The fourth-order valence-corrected chi connectivity index (χ4v) is 3.74. The maximum absolute atomic E-state index is 11.4. The van der Waals surface area contributed by atoms with E-state index in [1.807, 2.05) is 41.5 Å². The number of alkyl carbamates (subject to hydrolysis) is 1. The number of aliphatic imine (C=N–C) groups is 1. The molecule has 10 heteroatoms. The van der Waals surface area contributed by atoms with Gasteiger partial charge in [-0.2, -0.15) is 8.42 Å². The summed E-state index contributed by atoms with van der Waals surface area (Å²) in [5.41, 5.74) is 1.79. The number of carbonyl (C=O) groups excluding carboxylic acids is 2. The van der Waals surface area contributed by atoms with Gasteiger partial charge in [0.05, 0.1) is 10.6 Å². The number of fused-ring (bicyclic) bond motifs is 1. The molecule has 0 saturated heterocycles. The van der Waals surface area contributed by atoms with E-state index in [9.17, 15) is 18.0 Å². The molecule has 0 unspecified atom stereocenters. The maximum Gasteiger partial charge on any atom is 0.407 e. The van der Waals surface area contributed by atoms with Crippen LogP contribution in [-0.2, 0) is 25.1 Å². The van der Waals surface area contributed by atoms with E-state index < -0.39 is 21.8 Å². The van der Waals surface area contributed by atoms with Crippen molar-refractivity contribution in [2.75, 3.05) is 13.1 Å². The summed E-state index contributed by atoms with van der Waals surface area (Å²) >= 11 is 0. The summed E-state index contributed by atoms with van der Waals surface area (Å²) in [7, 11) is -4.14. The molecule has 0 fully saturated rings. The molecule has 0 spiro atoms. The van der Waals surface area contributed by atoms with Crippen LogP contribution in [0.5, 0.6) is 0 Å². The average molecular weight is 512 g/mol. The third-order valence-corrected chi connectivity index (χ3v) is 6.33. The summed E-state index contributed by atoms with van der Waals surface area (Å²) in [5, 5.41) is 5.49. The van der Waals surface area contributed by atoms with Crippen molar-refractivity contribution in [1.82, 2.24) is 10.6 Å². The normalized spacial score (nSPS) is 14.2. The highest BCUT2D eigenvalue weighted by atomic mass is 32.2. The molecule has 0 bridgehead atoms. The van der Waals surface area contributed by atoms with E-state index in [-0.39, 0.29) is 16.2 Å². The van der Waals surface area contributed by atoms with Crippen LogP contribution < -0.4 is 10.6 Å². The SMILES string of the molecule is CC1=Nc2ccc(S(=O)(=O)O)cc2C1(C)C.CCCCCC(=O)NCCCNC(=O)OC(C)(C)C. The van der Waals surface area contributed by atoms with Gasteiger partial charge < -0.3 is 15.4 Å². The molecule has 0 atom stereocenters. The van der Waals surface area contributed by atoms with E-state index in [1.165, 1.54) is 12.1 Å². The minimum atomic E-state index is -4.14. The number of ether oxygens (including phenoxy) is 1. The van der Waals surface area contributed by atoms with E-state index >= 15 is 0 Å². The minimum Gasteiger partial charge on any atom is -0.444 e. The molecule has 198 valence electrons. The Labute approximate surface area is 209 Å². The van der Waals surface area contributed by atoms with E-state index in [4.69, 9.17) is 9.29 Å². The van der Waals surface area contributed by atoms with Crippen LogP contribution in [0.4, 0.5) is 10.5 Å². The van der Waals surface area contributed by atoms with Gasteiger partial charge in [0.2, 0.25) is 5.91 Å². The van der Waals surface area contributed by atoms with Crippen molar-refractivity contribution in [2.24, 2.45) is 4.99 Å². The number of amides is 2. The maximum atomic E-state index is 11.4. The minimum absolute atomic E-state index is 0.0794. The zero-order chi connectivity index (χ0) is 26.9. The van der Waals surface area contributed by atoms with Crippen LogP contribution in [0.15, 0.2) is 28.1 Å². The first kappa shape index (κ1) is 30.6. The quantitative estimate of drug-likeness (QED) is 0.318. The van der Waals surface area contributed by atoms with Crippen LogP contribution in [0.3, 0.4) is 0 Å². The molecule has 0 aromatic heterocycles. The Balaban J connectivity index is 0.000000353. The van der Waals surface area contributed by atoms with Gasteiger partial charge >= 0.3 is 6.09 Å². The molecule has 9 nitrogen and oxygen atoms in total. The van der Waals surface area contributed by atoms with Crippen molar-refractivity contribution in [1.29, 1.82) is 0 Å². The number of hydrogen-bond donors (Lipinski definition) is 3. The first-order chi connectivity index (χ1) is 16.1. The topological polar surface area (TPSA) is 134 Å². The molecular formula is C25H41N3O6S. The lowest BCUT2D eigenvalue weighted by Gasteiger charge is -2.20. The lowest BCUT2D eigenvalue weighted by atomic mass is 9.82. The van der Waals surface area contributed by atoms with Gasteiger partial charge in [0.25, 0.3) is 10.1 Å². The van der Waals surface area contributed by atoms with Crippen LogP contribution in [0.25, 0.3) is 0 Å². The Kier molecular flexibility index (Phi) is 11.4. The molecule has 1 aromatic carbocycles. The van der Waals surface area contributed by atoms with Gasteiger partial charge in [-0.25, -0.2) is 4.79 Å². The molecule has 0 saturated carbocycles. The molecule has 0 radical (unpaired) electrons. The van der Waals surface area contributed by atoms with E-state index in [0.29, 0.717) is 25.9 Å². The fourth-order valence-electron chi connectivity index (χ4n) is 3.23. The van der Waals surface area contributed by atoms with E-state index in [2.05, 4.69) is 22.5 Å². The van der Waals surface area contributed by atoms with Crippen molar-refractivity contribution < 1.29 is 27.3 Å². The van der Waals surface area contributed by atoms with Gasteiger partial charge in [-0.1, -0.05) is 33.6 Å². The van der Waals surface area contributed by atoms with Crippen molar-refractivity contribution >= 4 is 33.5 Å². The Morgan fingerprint density at radius 3 is 2.29 bits per heavy atom. The molecule has 35 heavy (non-hydrogen) atoms. The largest absolute Gasteiger partial charge is 0.444 e. The van der Waals surface area contributed by atoms with Crippen molar-refractivity contribution in [2.45, 2.75) is 96.5 Å². The molecule has 0 aliphatic carbocycles. The Morgan fingerprint density at radius 2 is 1.71 bits per heavy atom. The summed E-state index contributed by atoms with van der Waals surface area (Å²) in [6.45, 7) is 14.5. The molecule has 2 rings (SSSR count). The summed E-state index contributed by atoms with van der Waals surface area (Å²) in [6, 6.07) is 4.48. The summed E-state index contributed by atoms with van der Waals surface area (Å²) in [5.74, 6) is 0.0886. The van der Waals surface area contributed by atoms with Crippen LogP contribution >= 0.6 is 0 Å². The highest BCUT2D eigenvalue weighted by molar-refractivity contribution is 7.85. The molecular weight excluding hydrogens is 470 g/mol. The van der Waals surface area contributed by atoms with Crippen LogP contribution in [0.1, 0.15) is 86.1 Å². The molecule has 1 aromatic rings. The number of benzene rings is 1. The Hall–Kier alpha value is -2.46. The Bertz CT molecular complexity index is 1010. The first-order valence-corrected chi connectivity index (χ1v) is 13.4. The zero-order valence-corrected chi connectivity index (χ0v) is 22.8. The lowest BCUT2D eigenvalue weighted by Crippen LogP contribution is -2.34. The second kappa shape index (κ2) is 13.0. The highest BCUT2D eigenvalue weighted by Gasteiger charge is 2.33. The molecule has 1 heterocycles. The van der Waals surface area contributed by atoms with Gasteiger partial charge in [-0.3, -0.25) is 14.3 Å². The Morgan fingerprint density at radius 1 is 1.09 bits per heavy atom. The van der Waals surface area contributed by atoms with Crippen LogP contribution in [-0.4, -0.2) is 49.4 Å². The van der Waals surface area contributed by atoms with E-state index in [1.54, 1.807) is 6.07 Å². The molecule has 1 aliphatic rings. The second-order valence-electron chi connectivity index (χ2n) is 10.1. The standard InChI is InChI=1S/C14H28N2O3.C11H13NO3S/c1-5-6-7-9-12(17)15-10-8-11-16-13(18)19-14(2,3)4;1-7-11(2,3)9-6-8(16(13,14)15)4-5-10(9)12-7/h5-11H2,1-4H3,(H,15,17)(H,16,18);4-6H,1-3H3,(H,13,14,15). The summed E-state index contributed by atoms with van der Waals surface area (Å²) < 4.78 is 36.2. The summed E-state index contributed by atoms with van der Waals surface area (Å²) in [4.78, 5) is 27.0. The number of hydrogen-bond acceptors (Lipinski definition) is 6. The third-order valence-electron chi connectivity index (χ3n) is 5.48. The molecule has 1 aliphatic heterocycles. The second-order valence-corrected chi connectivity index (χ2v) is 11.5. The predicted octanol–water partition coefficient (Wildman–Crippen LogP) is 4.91. The third kappa shape index (κ3) is 10.8. The van der Waals surface area contributed by atoms with Gasteiger partial charge in [0.15, 0.2) is 0 Å². The lowest BCUT2D eigenvalue weighted by molar-refractivity contribution is -0.121. The zero-order valence-electron chi connectivity index (χ0n) is 22.0. The smallest absolute Gasteiger partial charge is 0.407 e. The van der Waals surface area contributed by atoms with Crippen molar-refractivity contribution in [3.8, 4) is 0 Å². The number of rotatable bonds is 9. The van der Waals surface area contributed by atoms with Crippen LogP contribution in [0.2, 0.25) is 0 Å². The predicted molar refractivity (Wildman–Crippen MR) is 138 cm³/mol. The van der Waals surface area contributed by atoms with Crippen molar-refractivity contribution in [3.05, 3.63) is 23.8 Å². The molecule has 3 N–H and O–H groups in total. The highest BCUT2D eigenvalue weighted by Crippen LogP contribution is 2.40. The molecule has 2 amide bonds. The number of nitrogens with one attached hydrogen (secondary N) is 2. The average Bonchev–Trinajstić information content (AvgIpc) is 2.94. The first-order valence-electron chi connectivity index (χ1n) is 12.0. The van der Waals surface area contributed by atoms with Gasteiger partial charge in [-0.15, -0.1) is 0 Å².